The molecule has 0 rings (SSSR count). The molecule has 0 aromatic carbocycles. The van der Waals surface area contributed by atoms with Crippen LogP contribution in [-0.4, -0.2) is 47.4 Å². The monoisotopic (exact) mass is 918 g/mol. The number of carbonyl (C=O) groups excluding carboxylic acids is 2. The number of allylic oxidation sites excluding steroid dienone is 2. The molecule has 1 amide bonds. The molecule has 0 aliphatic heterocycles. The number of carbonyl (C=O) groups is 2. The second kappa shape index (κ2) is 55.2. The summed E-state index contributed by atoms with van der Waals surface area (Å²) >= 11 is 0. The highest BCUT2D eigenvalue weighted by Crippen LogP contribution is 2.18. The molecule has 0 radical (unpaired) electrons. The van der Waals surface area contributed by atoms with Crippen LogP contribution < -0.4 is 5.32 Å². The number of amides is 1. The van der Waals surface area contributed by atoms with Crippen LogP contribution in [0.2, 0.25) is 0 Å². The van der Waals surface area contributed by atoms with E-state index < -0.39 is 12.1 Å². The maximum absolute atomic E-state index is 12.5. The number of ether oxygens (including phenoxy) is 1. The van der Waals surface area contributed by atoms with Crippen molar-refractivity contribution in [1.29, 1.82) is 0 Å². The molecule has 0 aliphatic rings. The third-order valence-electron chi connectivity index (χ3n) is 13.8. The number of hydrogen-bond donors (Lipinski definition) is 3. The topological polar surface area (TPSA) is 95.9 Å². The summed E-state index contributed by atoms with van der Waals surface area (Å²) in [5, 5.41) is 23.3. The maximum atomic E-state index is 12.5. The predicted molar refractivity (Wildman–Crippen MR) is 283 cm³/mol. The summed E-state index contributed by atoms with van der Waals surface area (Å²) in [7, 11) is 0. The fourth-order valence-electron chi connectivity index (χ4n) is 9.27. The van der Waals surface area contributed by atoms with Crippen LogP contribution in [0.15, 0.2) is 12.2 Å². The number of nitrogens with one attached hydrogen (secondary N) is 1. The normalized spacial score (nSPS) is 12.6. The second-order valence-corrected chi connectivity index (χ2v) is 20.3. The standard InChI is InChI=1S/C59H115NO5/c1-3-5-7-9-11-13-15-16-17-18-22-25-28-32-35-39-43-47-51-57(62)56(55-61)60-58(63)52-48-44-40-36-33-29-26-23-20-19-21-24-27-30-34-38-42-46-50-54-65-59(64)53-49-45-41-37-31-14-12-10-8-6-4-2/h10,12,56-57,61-62H,3-9,11,13-55H2,1-2H3,(H,60,63)/b12-10-. The molecule has 0 aromatic rings. The number of aliphatic hydroxyl groups is 2. The number of rotatable bonds is 55. The number of esters is 1. The van der Waals surface area contributed by atoms with Gasteiger partial charge >= 0.3 is 5.97 Å². The molecule has 6 heteroatoms. The second-order valence-electron chi connectivity index (χ2n) is 20.3. The minimum Gasteiger partial charge on any atom is -0.466 e. The van der Waals surface area contributed by atoms with E-state index in [0.29, 0.717) is 25.9 Å². The van der Waals surface area contributed by atoms with Gasteiger partial charge in [0.05, 0.1) is 25.4 Å². The van der Waals surface area contributed by atoms with E-state index in [1.165, 1.54) is 250 Å². The van der Waals surface area contributed by atoms with Crippen LogP contribution in [0, 0.1) is 0 Å². The SMILES string of the molecule is CCCC/C=C\CCCCCCCC(=O)OCCCCCCCCCCCCCCCCCCCCCC(=O)NC(CO)C(O)CCCCCCCCCCCCCCCCCCCC. The molecular weight excluding hydrogens is 803 g/mol. The molecule has 0 bridgehead atoms. The first kappa shape index (κ1) is 63.6. The molecule has 0 spiro atoms. The Bertz CT molecular complexity index is 970. The predicted octanol–water partition coefficient (Wildman–Crippen LogP) is 18.1. The summed E-state index contributed by atoms with van der Waals surface area (Å²) < 4.78 is 5.45. The molecule has 0 saturated heterocycles. The van der Waals surface area contributed by atoms with Crippen LogP contribution in [0.25, 0.3) is 0 Å². The van der Waals surface area contributed by atoms with Crippen molar-refractivity contribution in [3.05, 3.63) is 12.2 Å². The van der Waals surface area contributed by atoms with E-state index >= 15 is 0 Å². The summed E-state index contributed by atoms with van der Waals surface area (Å²) in [6, 6.07) is -0.543. The molecular formula is C59H115NO5. The third kappa shape index (κ3) is 51.8. The maximum Gasteiger partial charge on any atom is 0.305 e. The molecule has 2 unspecified atom stereocenters. The zero-order valence-electron chi connectivity index (χ0n) is 44.0. The van der Waals surface area contributed by atoms with Gasteiger partial charge in [0.2, 0.25) is 5.91 Å². The van der Waals surface area contributed by atoms with Crippen LogP contribution in [0.4, 0.5) is 0 Å². The van der Waals surface area contributed by atoms with Crippen LogP contribution >= 0.6 is 0 Å². The first-order chi connectivity index (χ1) is 32.0. The van der Waals surface area contributed by atoms with Crippen molar-refractivity contribution in [3.63, 3.8) is 0 Å². The van der Waals surface area contributed by atoms with Crippen LogP contribution in [0.3, 0.4) is 0 Å². The summed E-state index contributed by atoms with van der Waals surface area (Å²) in [6.45, 7) is 4.93. The van der Waals surface area contributed by atoms with Gasteiger partial charge in [-0.2, -0.15) is 0 Å². The Morgan fingerprint density at radius 3 is 1.14 bits per heavy atom. The lowest BCUT2D eigenvalue weighted by molar-refractivity contribution is -0.143. The zero-order chi connectivity index (χ0) is 47.2. The Morgan fingerprint density at radius 1 is 0.415 bits per heavy atom. The molecule has 0 aliphatic carbocycles. The van der Waals surface area contributed by atoms with E-state index in [1.54, 1.807) is 0 Å². The van der Waals surface area contributed by atoms with Gasteiger partial charge in [0.1, 0.15) is 0 Å². The minimum atomic E-state index is -0.666. The smallest absolute Gasteiger partial charge is 0.305 e. The molecule has 0 saturated carbocycles. The molecule has 0 fully saturated rings. The molecule has 3 N–H and O–H groups in total. The van der Waals surface area contributed by atoms with E-state index in [9.17, 15) is 19.8 Å². The lowest BCUT2D eigenvalue weighted by Crippen LogP contribution is -2.45. The van der Waals surface area contributed by atoms with Gasteiger partial charge in [0.25, 0.3) is 0 Å². The summed E-state index contributed by atoms with van der Waals surface area (Å²) in [4.78, 5) is 24.5. The van der Waals surface area contributed by atoms with Crippen LogP contribution in [0.5, 0.6) is 0 Å². The first-order valence-corrected chi connectivity index (χ1v) is 29.4. The van der Waals surface area contributed by atoms with Crippen molar-refractivity contribution in [2.24, 2.45) is 0 Å². The first-order valence-electron chi connectivity index (χ1n) is 29.4. The molecule has 386 valence electrons. The highest BCUT2D eigenvalue weighted by atomic mass is 16.5. The zero-order valence-corrected chi connectivity index (χ0v) is 44.0. The Balaban J connectivity index is 3.41. The van der Waals surface area contributed by atoms with Gasteiger partial charge in [-0.25, -0.2) is 0 Å². The van der Waals surface area contributed by atoms with Crippen molar-refractivity contribution in [2.45, 2.75) is 341 Å². The van der Waals surface area contributed by atoms with Crippen molar-refractivity contribution in [3.8, 4) is 0 Å². The summed E-state index contributed by atoms with van der Waals surface area (Å²) in [5.41, 5.74) is 0. The molecule has 65 heavy (non-hydrogen) atoms. The highest BCUT2D eigenvalue weighted by Gasteiger charge is 2.20. The molecule has 6 nitrogen and oxygen atoms in total. The molecule has 0 heterocycles. The van der Waals surface area contributed by atoms with Gasteiger partial charge in [0.15, 0.2) is 0 Å². The molecule has 0 aromatic heterocycles. The van der Waals surface area contributed by atoms with E-state index in [0.717, 1.165) is 44.9 Å². The highest BCUT2D eigenvalue weighted by molar-refractivity contribution is 5.76. The van der Waals surface area contributed by atoms with Crippen molar-refractivity contribution >= 4 is 11.9 Å². The van der Waals surface area contributed by atoms with Crippen molar-refractivity contribution < 1.29 is 24.5 Å². The Morgan fingerprint density at radius 2 is 0.738 bits per heavy atom. The van der Waals surface area contributed by atoms with Gasteiger partial charge in [-0.15, -0.1) is 0 Å². The fraction of sp³-hybridized carbons (Fsp3) is 0.932. The average molecular weight is 919 g/mol. The minimum absolute atomic E-state index is 0.00141. The number of unbranched alkanes of at least 4 members (excludes halogenated alkanes) is 42. The number of hydrogen-bond acceptors (Lipinski definition) is 5. The van der Waals surface area contributed by atoms with Crippen LogP contribution in [-0.2, 0) is 14.3 Å². The third-order valence-corrected chi connectivity index (χ3v) is 13.8. The Hall–Kier alpha value is -1.40. The van der Waals surface area contributed by atoms with E-state index in [1.807, 2.05) is 0 Å². The Kier molecular flexibility index (Phi) is 54.0. The van der Waals surface area contributed by atoms with Gasteiger partial charge in [-0.1, -0.05) is 283 Å². The van der Waals surface area contributed by atoms with Gasteiger partial charge in [-0.3, -0.25) is 9.59 Å². The fourth-order valence-corrected chi connectivity index (χ4v) is 9.27. The van der Waals surface area contributed by atoms with Gasteiger partial charge < -0.3 is 20.3 Å². The van der Waals surface area contributed by atoms with Gasteiger partial charge in [-0.05, 0) is 44.9 Å². The van der Waals surface area contributed by atoms with Crippen LogP contribution in [0.1, 0.15) is 328 Å². The van der Waals surface area contributed by atoms with Crippen molar-refractivity contribution in [1.82, 2.24) is 5.32 Å². The lowest BCUT2D eigenvalue weighted by atomic mass is 10.0. The average Bonchev–Trinajstić information content (AvgIpc) is 3.31. The Labute approximate surface area is 406 Å². The quantitative estimate of drug-likeness (QED) is 0.0321. The van der Waals surface area contributed by atoms with Gasteiger partial charge in [0, 0.05) is 12.8 Å². The number of aliphatic hydroxyl groups excluding tert-OH is 2. The summed E-state index contributed by atoms with van der Waals surface area (Å²) in [5.74, 6) is -0.0364. The summed E-state index contributed by atoms with van der Waals surface area (Å²) in [6.07, 6.45) is 64.9. The van der Waals surface area contributed by atoms with E-state index in [4.69, 9.17) is 4.74 Å². The molecule has 2 atom stereocenters. The largest absolute Gasteiger partial charge is 0.466 e. The van der Waals surface area contributed by atoms with Crippen molar-refractivity contribution in [2.75, 3.05) is 13.2 Å². The van der Waals surface area contributed by atoms with E-state index in [2.05, 4.69) is 31.3 Å². The lowest BCUT2D eigenvalue weighted by Gasteiger charge is -2.22. The van der Waals surface area contributed by atoms with E-state index in [-0.39, 0.29) is 18.5 Å².